The van der Waals surface area contributed by atoms with Crippen molar-refractivity contribution < 1.29 is 4.79 Å². The number of benzene rings is 1. The number of aryl methyl sites for hydroxylation is 1. The summed E-state index contributed by atoms with van der Waals surface area (Å²) in [4.78, 5) is 30.6. The minimum Gasteiger partial charge on any atom is -0.356 e. The molecule has 2 N–H and O–H groups in total. The average Bonchev–Trinajstić information content (AvgIpc) is 2.69. The molecule has 4 rings (SSSR count). The molecule has 0 unspecified atom stereocenters. The van der Waals surface area contributed by atoms with Gasteiger partial charge in [0.2, 0.25) is 12.4 Å². The number of hydrogen-bond acceptors (Lipinski definition) is 7. The molecule has 0 saturated carbocycles. The van der Waals surface area contributed by atoms with Crippen LogP contribution in [0.1, 0.15) is 18.4 Å². The van der Waals surface area contributed by atoms with Crippen molar-refractivity contribution in [1.82, 2.24) is 25.3 Å². The lowest BCUT2D eigenvalue weighted by Crippen LogP contribution is -2.42. The van der Waals surface area contributed by atoms with Gasteiger partial charge >= 0.3 is 0 Å². The molecule has 1 aromatic carbocycles. The number of rotatable bonds is 5. The third kappa shape index (κ3) is 3.79. The number of carbonyl (C=O) groups is 1. The molecule has 27 heavy (non-hydrogen) atoms. The van der Waals surface area contributed by atoms with Crippen molar-refractivity contribution in [2.24, 2.45) is 0 Å². The summed E-state index contributed by atoms with van der Waals surface area (Å²) in [5, 5.41) is 6.18. The van der Waals surface area contributed by atoms with E-state index in [0.717, 1.165) is 38.0 Å². The minimum absolute atomic E-state index is 0.223. The van der Waals surface area contributed by atoms with Crippen LogP contribution in [0.3, 0.4) is 0 Å². The summed E-state index contributed by atoms with van der Waals surface area (Å²) in [5.74, 6) is 1.32. The summed E-state index contributed by atoms with van der Waals surface area (Å²) in [6.07, 6.45) is 5.77. The van der Waals surface area contributed by atoms with Gasteiger partial charge in [-0.3, -0.25) is 4.79 Å². The van der Waals surface area contributed by atoms with E-state index in [4.69, 9.17) is 4.98 Å². The summed E-state index contributed by atoms with van der Waals surface area (Å²) in [6.45, 7) is 3.64. The lowest BCUT2D eigenvalue weighted by molar-refractivity contribution is -0.110. The van der Waals surface area contributed by atoms with Crippen LogP contribution >= 0.6 is 0 Å². The van der Waals surface area contributed by atoms with Crippen LogP contribution in [-0.2, 0) is 4.79 Å². The highest BCUT2D eigenvalue weighted by atomic mass is 16.1. The number of piperidine rings is 1. The summed E-state index contributed by atoms with van der Waals surface area (Å²) in [7, 11) is 0. The first-order valence-electron chi connectivity index (χ1n) is 8.99. The average molecular weight is 363 g/mol. The van der Waals surface area contributed by atoms with Crippen LogP contribution in [0.5, 0.6) is 0 Å². The minimum atomic E-state index is 0.223. The molecule has 1 saturated heterocycles. The first-order valence-corrected chi connectivity index (χ1v) is 8.99. The van der Waals surface area contributed by atoms with Gasteiger partial charge in [0.15, 0.2) is 5.82 Å². The van der Waals surface area contributed by atoms with E-state index in [9.17, 15) is 4.79 Å². The Balaban J connectivity index is 1.60. The first-order chi connectivity index (χ1) is 13.2. The summed E-state index contributed by atoms with van der Waals surface area (Å²) < 4.78 is 0. The van der Waals surface area contributed by atoms with E-state index in [0.29, 0.717) is 22.8 Å². The Morgan fingerprint density at radius 3 is 2.81 bits per heavy atom. The predicted molar refractivity (Wildman–Crippen MR) is 104 cm³/mol. The standard InChI is InChI=1S/C19H21N7O/c1-13-3-2-4-15(9-13)24-18-17-16(21-11-22-18)10-20-19(25-17)26-7-5-14(6-8-26)23-12-27/h2-4,9-12,14H,5-8H2,1H3,(H,23,27)(H,21,22,24). The fourth-order valence-electron chi connectivity index (χ4n) is 3.29. The molecule has 0 spiro atoms. The van der Waals surface area contributed by atoms with Crippen LogP contribution in [0.15, 0.2) is 36.8 Å². The van der Waals surface area contributed by atoms with E-state index in [1.807, 2.05) is 25.1 Å². The van der Waals surface area contributed by atoms with Crippen LogP contribution in [0, 0.1) is 6.92 Å². The maximum absolute atomic E-state index is 10.6. The first kappa shape index (κ1) is 17.1. The summed E-state index contributed by atoms with van der Waals surface area (Å²) in [5.41, 5.74) is 3.51. The molecule has 2 aromatic heterocycles. The van der Waals surface area contributed by atoms with Gasteiger partial charge in [-0.1, -0.05) is 12.1 Å². The molecule has 0 radical (unpaired) electrons. The summed E-state index contributed by atoms with van der Waals surface area (Å²) in [6, 6.07) is 8.32. The molecule has 8 nitrogen and oxygen atoms in total. The van der Waals surface area contributed by atoms with Crippen LogP contribution in [0.4, 0.5) is 17.5 Å². The molecule has 1 amide bonds. The second kappa shape index (κ2) is 7.53. The molecular formula is C19H21N7O. The van der Waals surface area contributed by atoms with E-state index < -0.39 is 0 Å². The van der Waals surface area contributed by atoms with Crippen LogP contribution in [-0.4, -0.2) is 45.5 Å². The molecule has 3 heterocycles. The van der Waals surface area contributed by atoms with Crippen LogP contribution < -0.4 is 15.5 Å². The highest BCUT2D eigenvalue weighted by molar-refractivity contribution is 5.87. The van der Waals surface area contributed by atoms with Crippen molar-refractivity contribution in [1.29, 1.82) is 0 Å². The largest absolute Gasteiger partial charge is 0.356 e. The third-order valence-corrected chi connectivity index (χ3v) is 4.73. The van der Waals surface area contributed by atoms with Gasteiger partial charge in [0.25, 0.3) is 0 Å². The molecule has 1 aliphatic rings. The highest BCUT2D eigenvalue weighted by Crippen LogP contribution is 2.24. The van der Waals surface area contributed by atoms with Gasteiger partial charge in [0.05, 0.1) is 6.20 Å². The molecule has 138 valence electrons. The van der Waals surface area contributed by atoms with Crippen molar-refractivity contribution in [2.45, 2.75) is 25.8 Å². The zero-order valence-electron chi connectivity index (χ0n) is 15.1. The fourth-order valence-corrected chi connectivity index (χ4v) is 3.29. The highest BCUT2D eigenvalue weighted by Gasteiger charge is 2.21. The Labute approximate surface area is 157 Å². The molecule has 1 fully saturated rings. The number of aromatic nitrogens is 4. The number of hydrogen-bond donors (Lipinski definition) is 2. The molecule has 0 bridgehead atoms. The Kier molecular flexibility index (Phi) is 4.78. The second-order valence-electron chi connectivity index (χ2n) is 6.67. The number of amides is 1. The molecule has 8 heteroatoms. The van der Waals surface area contributed by atoms with Gasteiger partial charge in [-0.15, -0.1) is 0 Å². The number of fused-ring (bicyclic) bond motifs is 1. The maximum atomic E-state index is 10.6. The van der Waals surface area contributed by atoms with Crippen molar-refractivity contribution >= 4 is 34.9 Å². The Morgan fingerprint density at radius 1 is 1.19 bits per heavy atom. The summed E-state index contributed by atoms with van der Waals surface area (Å²) >= 11 is 0. The fraction of sp³-hybridized carbons (Fsp3) is 0.316. The van der Waals surface area contributed by atoms with Crippen molar-refractivity contribution in [3.63, 3.8) is 0 Å². The van der Waals surface area contributed by atoms with E-state index in [2.05, 4.69) is 36.6 Å². The predicted octanol–water partition coefficient (Wildman–Crippen LogP) is 2.19. The van der Waals surface area contributed by atoms with Crippen molar-refractivity contribution in [2.75, 3.05) is 23.3 Å². The number of nitrogens with one attached hydrogen (secondary N) is 2. The number of nitrogens with zero attached hydrogens (tertiary/aromatic N) is 5. The van der Waals surface area contributed by atoms with Gasteiger partial charge in [0, 0.05) is 24.8 Å². The lowest BCUT2D eigenvalue weighted by Gasteiger charge is -2.31. The third-order valence-electron chi connectivity index (χ3n) is 4.73. The topological polar surface area (TPSA) is 95.9 Å². The molecule has 3 aromatic rings. The van der Waals surface area contributed by atoms with E-state index in [1.54, 1.807) is 6.20 Å². The quantitative estimate of drug-likeness (QED) is 0.671. The van der Waals surface area contributed by atoms with Gasteiger partial charge in [0.1, 0.15) is 17.4 Å². The van der Waals surface area contributed by atoms with E-state index in [-0.39, 0.29) is 6.04 Å². The number of carbonyl (C=O) groups excluding carboxylic acids is 1. The second-order valence-corrected chi connectivity index (χ2v) is 6.67. The van der Waals surface area contributed by atoms with Gasteiger partial charge < -0.3 is 15.5 Å². The van der Waals surface area contributed by atoms with Crippen LogP contribution in [0.25, 0.3) is 11.0 Å². The van der Waals surface area contributed by atoms with Gasteiger partial charge in [-0.25, -0.2) is 19.9 Å². The van der Waals surface area contributed by atoms with Gasteiger partial charge in [-0.05, 0) is 37.5 Å². The molecule has 0 aliphatic carbocycles. The van der Waals surface area contributed by atoms with E-state index in [1.165, 1.54) is 11.9 Å². The molecule has 1 aliphatic heterocycles. The van der Waals surface area contributed by atoms with Crippen LogP contribution in [0.2, 0.25) is 0 Å². The van der Waals surface area contributed by atoms with E-state index >= 15 is 0 Å². The zero-order valence-corrected chi connectivity index (χ0v) is 15.1. The monoisotopic (exact) mass is 363 g/mol. The Morgan fingerprint density at radius 2 is 2.04 bits per heavy atom. The molecule has 0 atom stereocenters. The zero-order chi connectivity index (χ0) is 18.6. The molecular weight excluding hydrogens is 342 g/mol. The smallest absolute Gasteiger partial charge is 0.226 e. The van der Waals surface area contributed by atoms with Crippen molar-refractivity contribution in [3.05, 3.63) is 42.4 Å². The normalized spacial score (nSPS) is 14.9. The maximum Gasteiger partial charge on any atom is 0.226 e. The Hall–Kier alpha value is -3.29. The SMILES string of the molecule is Cc1cccc(Nc2ncnc3cnc(N4CCC(NC=O)CC4)nc23)c1. The Bertz CT molecular complexity index is 954. The van der Waals surface area contributed by atoms with Crippen molar-refractivity contribution in [3.8, 4) is 0 Å². The lowest BCUT2D eigenvalue weighted by atomic mass is 10.1. The van der Waals surface area contributed by atoms with Gasteiger partial charge in [-0.2, -0.15) is 0 Å². The number of anilines is 3.